The Balaban J connectivity index is 2.75. The Labute approximate surface area is 93.4 Å². The van der Waals surface area contributed by atoms with Gasteiger partial charge in [0.1, 0.15) is 0 Å². The third-order valence-electron chi connectivity index (χ3n) is 3.14. The van der Waals surface area contributed by atoms with E-state index in [2.05, 4.69) is 37.1 Å². The molecule has 0 nitrogen and oxygen atoms in total. The van der Waals surface area contributed by atoms with Crippen molar-refractivity contribution in [2.24, 2.45) is 0 Å². The predicted molar refractivity (Wildman–Crippen MR) is 63.0 cm³/mol. The van der Waals surface area contributed by atoms with Crippen molar-refractivity contribution in [1.82, 2.24) is 0 Å². The molecule has 0 saturated carbocycles. The van der Waals surface area contributed by atoms with Crippen molar-refractivity contribution in [2.45, 2.75) is 26.3 Å². The molecule has 3 radical (unpaired) electrons. The minimum absolute atomic E-state index is 0.362. The minimum Gasteiger partial charge on any atom is -0.0840 e. The molecule has 0 fully saturated rings. The van der Waals surface area contributed by atoms with Crippen molar-refractivity contribution < 1.29 is 0 Å². The molecule has 0 amide bonds. The van der Waals surface area contributed by atoms with Crippen LogP contribution in [-0.2, 0) is 0 Å². The SMILES string of the molecule is CC1=C(C)C([Si])c2ccc(Cl)c(C)c21. The summed E-state index contributed by atoms with van der Waals surface area (Å²) in [5.41, 5.74) is 6.98. The zero-order chi connectivity index (χ0) is 10.5. The maximum absolute atomic E-state index is 6.11. The van der Waals surface area contributed by atoms with Crippen LogP contribution < -0.4 is 0 Å². The van der Waals surface area contributed by atoms with Gasteiger partial charge in [-0.3, -0.25) is 0 Å². The quantitative estimate of drug-likeness (QED) is 0.585. The first-order valence-corrected chi connectivity index (χ1v) is 5.67. The van der Waals surface area contributed by atoms with Gasteiger partial charge in [-0.1, -0.05) is 23.2 Å². The molecule has 1 aliphatic rings. The second kappa shape index (κ2) is 3.25. The Morgan fingerprint density at radius 2 is 1.86 bits per heavy atom. The van der Waals surface area contributed by atoms with Gasteiger partial charge in [0.15, 0.2) is 0 Å². The Morgan fingerprint density at radius 3 is 2.50 bits per heavy atom. The van der Waals surface area contributed by atoms with Crippen molar-refractivity contribution in [3.8, 4) is 0 Å². The summed E-state index contributed by atoms with van der Waals surface area (Å²) in [5.74, 6) is 0. The van der Waals surface area contributed by atoms with Crippen LogP contribution in [0.4, 0.5) is 0 Å². The van der Waals surface area contributed by atoms with Gasteiger partial charge in [0.2, 0.25) is 0 Å². The summed E-state index contributed by atoms with van der Waals surface area (Å²) in [4.78, 5) is 0. The molecule has 1 aliphatic carbocycles. The van der Waals surface area contributed by atoms with Crippen LogP contribution in [0.3, 0.4) is 0 Å². The number of fused-ring (bicyclic) bond motifs is 1. The van der Waals surface area contributed by atoms with Gasteiger partial charge in [-0.05, 0) is 54.6 Å². The molecule has 71 valence electrons. The summed E-state index contributed by atoms with van der Waals surface area (Å²) in [6, 6.07) is 4.09. The molecule has 1 unspecified atom stereocenters. The summed E-state index contributed by atoms with van der Waals surface area (Å²) in [6.07, 6.45) is 0. The van der Waals surface area contributed by atoms with Crippen LogP contribution >= 0.6 is 11.6 Å². The molecule has 0 spiro atoms. The lowest BCUT2D eigenvalue weighted by Gasteiger charge is -2.09. The summed E-state index contributed by atoms with van der Waals surface area (Å²) in [7, 11) is 3.75. The van der Waals surface area contributed by atoms with Crippen LogP contribution in [0.25, 0.3) is 5.57 Å². The second-order valence-corrected chi connectivity index (χ2v) is 4.86. The molecule has 0 heterocycles. The van der Waals surface area contributed by atoms with Gasteiger partial charge >= 0.3 is 0 Å². The third-order valence-corrected chi connectivity index (χ3v) is 4.30. The van der Waals surface area contributed by atoms with E-state index in [1.54, 1.807) is 0 Å². The van der Waals surface area contributed by atoms with E-state index < -0.39 is 0 Å². The smallest absolute Gasteiger partial charge is 0.0441 e. The molecule has 0 aliphatic heterocycles. The highest BCUT2D eigenvalue weighted by Crippen LogP contribution is 2.42. The van der Waals surface area contributed by atoms with Gasteiger partial charge in [-0.25, -0.2) is 0 Å². The van der Waals surface area contributed by atoms with E-state index in [1.807, 2.05) is 6.07 Å². The lowest BCUT2D eigenvalue weighted by atomic mass is 10.0. The van der Waals surface area contributed by atoms with Gasteiger partial charge in [0.25, 0.3) is 0 Å². The monoisotopic (exact) mass is 219 g/mol. The largest absolute Gasteiger partial charge is 0.0840 e. The van der Waals surface area contributed by atoms with Crippen LogP contribution in [0.2, 0.25) is 5.02 Å². The first-order valence-electron chi connectivity index (χ1n) is 4.72. The number of allylic oxidation sites excluding steroid dienone is 2. The normalized spacial score (nSPS) is 20.2. The minimum atomic E-state index is 0.362. The van der Waals surface area contributed by atoms with Crippen LogP contribution in [0, 0.1) is 6.92 Å². The van der Waals surface area contributed by atoms with E-state index in [4.69, 9.17) is 11.6 Å². The van der Waals surface area contributed by atoms with E-state index in [-0.39, 0.29) is 0 Å². The highest BCUT2D eigenvalue weighted by Gasteiger charge is 2.24. The van der Waals surface area contributed by atoms with Crippen LogP contribution in [0.1, 0.15) is 36.1 Å². The number of hydrogen-bond donors (Lipinski definition) is 0. The molecule has 1 aromatic rings. The van der Waals surface area contributed by atoms with Crippen molar-refractivity contribution in [3.05, 3.63) is 39.4 Å². The number of halogens is 1. The van der Waals surface area contributed by atoms with E-state index >= 15 is 0 Å². The molecular formula is C12H12ClSi. The van der Waals surface area contributed by atoms with Gasteiger partial charge in [0, 0.05) is 15.3 Å². The fraction of sp³-hybridized carbons (Fsp3) is 0.333. The fourth-order valence-electron chi connectivity index (χ4n) is 2.09. The molecule has 14 heavy (non-hydrogen) atoms. The molecule has 0 bridgehead atoms. The van der Waals surface area contributed by atoms with Crippen molar-refractivity contribution in [1.29, 1.82) is 0 Å². The molecule has 2 rings (SSSR count). The van der Waals surface area contributed by atoms with Crippen LogP contribution in [0.5, 0.6) is 0 Å². The Bertz CT molecular complexity index is 432. The number of rotatable bonds is 0. The van der Waals surface area contributed by atoms with Gasteiger partial charge < -0.3 is 0 Å². The molecule has 1 atom stereocenters. The van der Waals surface area contributed by atoms with Gasteiger partial charge in [-0.2, -0.15) is 0 Å². The third kappa shape index (κ3) is 1.19. The lowest BCUT2D eigenvalue weighted by Crippen LogP contribution is -1.96. The summed E-state index contributed by atoms with van der Waals surface area (Å²) in [6.45, 7) is 6.42. The first kappa shape index (κ1) is 10.0. The molecule has 1 aromatic carbocycles. The Kier molecular flexibility index (Phi) is 2.32. The second-order valence-electron chi connectivity index (χ2n) is 3.88. The zero-order valence-corrected chi connectivity index (χ0v) is 10.4. The first-order chi connectivity index (χ1) is 6.54. The molecule has 0 N–H and O–H groups in total. The van der Waals surface area contributed by atoms with Crippen molar-refractivity contribution in [3.63, 3.8) is 0 Å². The standard InChI is InChI=1S/C12H12ClSi/c1-6-7(2)12(14)9-4-5-10(13)8(3)11(6)9/h4-5,12H,1-3H3. The summed E-state index contributed by atoms with van der Waals surface area (Å²) < 4.78 is 0. The topological polar surface area (TPSA) is 0 Å². The van der Waals surface area contributed by atoms with Crippen LogP contribution in [0.15, 0.2) is 17.7 Å². The predicted octanol–water partition coefficient (Wildman–Crippen LogP) is 3.67. The average molecular weight is 220 g/mol. The van der Waals surface area contributed by atoms with Crippen molar-refractivity contribution in [2.75, 3.05) is 0 Å². The lowest BCUT2D eigenvalue weighted by molar-refractivity contribution is 1.13. The highest BCUT2D eigenvalue weighted by atomic mass is 35.5. The van der Waals surface area contributed by atoms with Gasteiger partial charge in [-0.15, -0.1) is 0 Å². The number of hydrogen-bond acceptors (Lipinski definition) is 0. The molecular weight excluding hydrogens is 208 g/mol. The van der Waals surface area contributed by atoms with Crippen molar-refractivity contribution >= 4 is 27.4 Å². The van der Waals surface area contributed by atoms with E-state index in [1.165, 1.54) is 27.8 Å². The average Bonchev–Trinajstić information content (AvgIpc) is 2.38. The Hall–Kier alpha value is -0.533. The fourth-order valence-corrected chi connectivity index (χ4v) is 2.71. The highest BCUT2D eigenvalue weighted by molar-refractivity contribution is 6.31. The molecule has 0 aromatic heterocycles. The molecule has 2 heteroatoms. The van der Waals surface area contributed by atoms with E-state index in [9.17, 15) is 0 Å². The zero-order valence-electron chi connectivity index (χ0n) is 8.61. The summed E-state index contributed by atoms with van der Waals surface area (Å²) >= 11 is 6.11. The van der Waals surface area contributed by atoms with E-state index in [0.717, 1.165) is 5.02 Å². The number of benzene rings is 1. The maximum Gasteiger partial charge on any atom is 0.0441 e. The van der Waals surface area contributed by atoms with Gasteiger partial charge in [0.05, 0.1) is 0 Å². The van der Waals surface area contributed by atoms with Crippen LogP contribution in [-0.4, -0.2) is 10.2 Å². The van der Waals surface area contributed by atoms with E-state index in [0.29, 0.717) is 5.54 Å². The molecule has 0 saturated heterocycles. The Morgan fingerprint density at radius 1 is 1.21 bits per heavy atom. The summed E-state index contributed by atoms with van der Waals surface area (Å²) in [5, 5.41) is 0.858. The maximum atomic E-state index is 6.11.